The van der Waals surface area contributed by atoms with E-state index in [0.29, 0.717) is 0 Å². The second kappa shape index (κ2) is 3.78. The number of aryl methyl sites for hydroxylation is 1. The molecule has 0 bridgehead atoms. The summed E-state index contributed by atoms with van der Waals surface area (Å²) in [4.78, 5) is 16.9. The summed E-state index contributed by atoms with van der Waals surface area (Å²) in [5.41, 5.74) is 2.23. The van der Waals surface area contributed by atoms with E-state index in [2.05, 4.69) is 11.1 Å². The molecule has 0 unspecified atom stereocenters. The van der Waals surface area contributed by atoms with Crippen molar-refractivity contribution in [1.82, 2.24) is 9.88 Å². The number of nitrogens with zero attached hydrogens (tertiary/aromatic N) is 2. The average molecular weight is 190 g/mol. The molecule has 1 atom stereocenters. The first kappa shape index (κ1) is 9.19. The highest BCUT2D eigenvalue weighted by atomic mass is 16.1. The van der Waals surface area contributed by atoms with Crippen LogP contribution in [-0.2, 0) is 4.79 Å². The van der Waals surface area contributed by atoms with E-state index in [4.69, 9.17) is 0 Å². The number of carbonyl (C=O) groups is 1. The highest BCUT2D eigenvalue weighted by Gasteiger charge is 2.25. The molecule has 3 heteroatoms. The first-order valence-electron chi connectivity index (χ1n) is 4.95. The second-order valence-electron chi connectivity index (χ2n) is 3.68. The molecule has 0 saturated carbocycles. The Balaban J connectivity index is 2.30. The Morgan fingerprint density at radius 2 is 2.50 bits per heavy atom. The predicted octanol–water partition coefficient (Wildman–Crippen LogP) is 1.68. The molecule has 0 spiro atoms. The van der Waals surface area contributed by atoms with Gasteiger partial charge in [-0.3, -0.25) is 9.78 Å². The Kier molecular flexibility index (Phi) is 2.48. The van der Waals surface area contributed by atoms with Crippen LogP contribution in [0, 0.1) is 6.92 Å². The number of aromatic nitrogens is 1. The lowest BCUT2D eigenvalue weighted by Gasteiger charge is -2.21. The highest BCUT2D eigenvalue weighted by molar-refractivity contribution is 5.49. The number of carbonyl (C=O) groups excluding carboxylic acids is 1. The lowest BCUT2D eigenvalue weighted by atomic mass is 10.0. The molecule has 1 aliphatic heterocycles. The van der Waals surface area contributed by atoms with Gasteiger partial charge in [-0.05, 0) is 31.4 Å². The van der Waals surface area contributed by atoms with E-state index in [1.54, 1.807) is 6.20 Å². The number of rotatable bonds is 2. The summed E-state index contributed by atoms with van der Waals surface area (Å²) in [6, 6.07) is 4.25. The monoisotopic (exact) mass is 190 g/mol. The minimum atomic E-state index is 0.251. The number of hydrogen-bond donors (Lipinski definition) is 0. The van der Waals surface area contributed by atoms with E-state index in [1.165, 1.54) is 5.56 Å². The van der Waals surface area contributed by atoms with Gasteiger partial charge in [0.1, 0.15) is 0 Å². The molecule has 0 aliphatic carbocycles. The van der Waals surface area contributed by atoms with E-state index in [1.807, 2.05) is 17.9 Å². The summed E-state index contributed by atoms with van der Waals surface area (Å²) in [5.74, 6) is 0. The summed E-state index contributed by atoms with van der Waals surface area (Å²) in [5, 5.41) is 0. The van der Waals surface area contributed by atoms with Gasteiger partial charge in [0.25, 0.3) is 0 Å². The predicted molar refractivity (Wildman–Crippen MR) is 53.7 cm³/mol. The summed E-state index contributed by atoms with van der Waals surface area (Å²) in [6.07, 6.45) is 4.89. The van der Waals surface area contributed by atoms with Crippen molar-refractivity contribution in [1.29, 1.82) is 0 Å². The lowest BCUT2D eigenvalue weighted by Crippen LogP contribution is -2.21. The molecule has 0 radical (unpaired) electrons. The molecule has 14 heavy (non-hydrogen) atoms. The first-order valence-corrected chi connectivity index (χ1v) is 4.95. The molecular formula is C11H14N2O. The van der Waals surface area contributed by atoms with Crippen LogP contribution in [0.2, 0.25) is 0 Å². The second-order valence-corrected chi connectivity index (χ2v) is 3.68. The van der Waals surface area contributed by atoms with Gasteiger partial charge in [0.05, 0.1) is 6.04 Å². The highest BCUT2D eigenvalue weighted by Crippen LogP contribution is 2.31. The van der Waals surface area contributed by atoms with Crippen molar-refractivity contribution in [3.05, 3.63) is 29.6 Å². The van der Waals surface area contributed by atoms with Crippen LogP contribution in [0.25, 0.3) is 0 Å². The zero-order valence-electron chi connectivity index (χ0n) is 8.31. The largest absolute Gasteiger partial charge is 0.338 e. The molecule has 2 rings (SSSR count). The SMILES string of the molecule is Cc1ncccc1[C@H]1CCCN1C=O. The summed E-state index contributed by atoms with van der Waals surface area (Å²) < 4.78 is 0. The molecule has 1 fully saturated rings. The quantitative estimate of drug-likeness (QED) is 0.665. The molecule has 0 N–H and O–H groups in total. The van der Waals surface area contributed by atoms with Crippen molar-refractivity contribution in [2.45, 2.75) is 25.8 Å². The van der Waals surface area contributed by atoms with E-state index < -0.39 is 0 Å². The summed E-state index contributed by atoms with van der Waals surface area (Å²) in [6.45, 7) is 2.87. The molecule has 1 aromatic heterocycles. The van der Waals surface area contributed by atoms with Crippen LogP contribution in [0.1, 0.15) is 30.1 Å². The summed E-state index contributed by atoms with van der Waals surface area (Å²) >= 11 is 0. The molecule has 0 aromatic carbocycles. The zero-order chi connectivity index (χ0) is 9.97. The Hall–Kier alpha value is -1.38. The Bertz CT molecular complexity index is 338. The molecule has 2 heterocycles. The number of pyridine rings is 1. The van der Waals surface area contributed by atoms with Crippen molar-refractivity contribution in [3.63, 3.8) is 0 Å². The van der Waals surface area contributed by atoms with Gasteiger partial charge >= 0.3 is 0 Å². The standard InChI is InChI=1S/C11H14N2O/c1-9-10(4-2-6-12-9)11-5-3-7-13(11)8-14/h2,4,6,8,11H,3,5,7H2,1H3/t11-/m1/s1. The van der Waals surface area contributed by atoms with Crippen LogP contribution in [0.5, 0.6) is 0 Å². The van der Waals surface area contributed by atoms with E-state index in [0.717, 1.165) is 31.5 Å². The van der Waals surface area contributed by atoms with E-state index in [9.17, 15) is 4.79 Å². The molecule has 1 aliphatic rings. The van der Waals surface area contributed by atoms with Gasteiger partial charge in [-0.25, -0.2) is 0 Å². The third-order valence-corrected chi connectivity index (χ3v) is 2.84. The van der Waals surface area contributed by atoms with Crippen LogP contribution in [-0.4, -0.2) is 22.8 Å². The molecular weight excluding hydrogens is 176 g/mol. The van der Waals surface area contributed by atoms with Gasteiger partial charge in [-0.15, -0.1) is 0 Å². The van der Waals surface area contributed by atoms with Crippen LogP contribution in [0.3, 0.4) is 0 Å². The molecule has 1 amide bonds. The van der Waals surface area contributed by atoms with Crippen molar-refractivity contribution in [2.75, 3.05) is 6.54 Å². The minimum absolute atomic E-state index is 0.251. The van der Waals surface area contributed by atoms with Gasteiger partial charge in [0.15, 0.2) is 0 Å². The molecule has 1 aromatic rings. The minimum Gasteiger partial charge on any atom is -0.338 e. The van der Waals surface area contributed by atoms with Gasteiger partial charge in [-0.1, -0.05) is 6.07 Å². The van der Waals surface area contributed by atoms with Crippen molar-refractivity contribution in [3.8, 4) is 0 Å². The van der Waals surface area contributed by atoms with E-state index >= 15 is 0 Å². The Morgan fingerprint density at radius 3 is 3.21 bits per heavy atom. The van der Waals surface area contributed by atoms with Gasteiger partial charge in [-0.2, -0.15) is 0 Å². The van der Waals surface area contributed by atoms with Gasteiger partial charge < -0.3 is 4.90 Å². The Labute approximate surface area is 83.8 Å². The van der Waals surface area contributed by atoms with Crippen molar-refractivity contribution in [2.24, 2.45) is 0 Å². The van der Waals surface area contributed by atoms with Crippen LogP contribution in [0.15, 0.2) is 18.3 Å². The average Bonchev–Trinajstić information content (AvgIpc) is 2.66. The molecule has 3 nitrogen and oxygen atoms in total. The number of hydrogen-bond acceptors (Lipinski definition) is 2. The molecule has 1 saturated heterocycles. The number of likely N-dealkylation sites (tertiary alicyclic amines) is 1. The fourth-order valence-corrected chi connectivity index (χ4v) is 2.10. The van der Waals surface area contributed by atoms with Crippen molar-refractivity contribution < 1.29 is 4.79 Å². The fraction of sp³-hybridized carbons (Fsp3) is 0.455. The smallest absolute Gasteiger partial charge is 0.210 e. The van der Waals surface area contributed by atoms with Crippen LogP contribution in [0.4, 0.5) is 0 Å². The fourth-order valence-electron chi connectivity index (χ4n) is 2.10. The van der Waals surface area contributed by atoms with E-state index in [-0.39, 0.29) is 6.04 Å². The van der Waals surface area contributed by atoms with Gasteiger partial charge in [0.2, 0.25) is 6.41 Å². The zero-order valence-corrected chi connectivity index (χ0v) is 8.31. The Morgan fingerprint density at radius 1 is 1.64 bits per heavy atom. The first-order chi connectivity index (χ1) is 6.83. The summed E-state index contributed by atoms with van der Waals surface area (Å²) in [7, 11) is 0. The maximum Gasteiger partial charge on any atom is 0.210 e. The number of amides is 1. The molecule has 74 valence electrons. The van der Waals surface area contributed by atoms with Crippen LogP contribution < -0.4 is 0 Å². The third kappa shape index (κ3) is 1.50. The topological polar surface area (TPSA) is 33.2 Å². The van der Waals surface area contributed by atoms with Crippen molar-refractivity contribution >= 4 is 6.41 Å². The van der Waals surface area contributed by atoms with Crippen LogP contribution >= 0.6 is 0 Å². The lowest BCUT2D eigenvalue weighted by molar-refractivity contribution is -0.118. The maximum absolute atomic E-state index is 10.8. The third-order valence-electron chi connectivity index (χ3n) is 2.84. The maximum atomic E-state index is 10.8. The normalized spacial score (nSPS) is 21.2. The van der Waals surface area contributed by atoms with Gasteiger partial charge in [0, 0.05) is 18.4 Å².